The smallest absolute Gasteiger partial charge is 0.257 e. The number of aromatic nitrogens is 1. The van der Waals surface area contributed by atoms with E-state index in [1.165, 1.54) is 6.07 Å². The fourth-order valence-corrected chi connectivity index (χ4v) is 3.06. The average molecular weight is 338 g/mol. The normalized spacial score (nSPS) is 17.4. The fourth-order valence-electron chi connectivity index (χ4n) is 3.06. The highest BCUT2D eigenvalue weighted by Gasteiger charge is 2.33. The van der Waals surface area contributed by atoms with E-state index in [1.807, 2.05) is 4.90 Å². The molecule has 7 heteroatoms. The number of benzene rings is 1. The molecule has 0 unspecified atom stereocenters. The van der Waals surface area contributed by atoms with Gasteiger partial charge in [-0.15, -0.1) is 0 Å². The van der Waals surface area contributed by atoms with E-state index in [-0.39, 0.29) is 11.7 Å². The molecular formula is C18H18N4O3. The van der Waals surface area contributed by atoms with Crippen molar-refractivity contribution in [1.82, 2.24) is 9.88 Å². The summed E-state index contributed by atoms with van der Waals surface area (Å²) >= 11 is 0. The van der Waals surface area contributed by atoms with Gasteiger partial charge in [0.2, 0.25) is 17.5 Å². The molecule has 1 aromatic carbocycles. The van der Waals surface area contributed by atoms with E-state index in [2.05, 4.69) is 11.1 Å². The molecule has 2 aliphatic rings. The van der Waals surface area contributed by atoms with E-state index in [0.29, 0.717) is 55.1 Å². The third-order valence-electron chi connectivity index (χ3n) is 4.65. The van der Waals surface area contributed by atoms with Crippen LogP contribution in [0.1, 0.15) is 40.7 Å². The van der Waals surface area contributed by atoms with Crippen LogP contribution in [-0.2, 0) is 0 Å². The summed E-state index contributed by atoms with van der Waals surface area (Å²) in [6.07, 6.45) is 2.13. The van der Waals surface area contributed by atoms with Crippen molar-refractivity contribution in [1.29, 1.82) is 5.26 Å². The quantitative estimate of drug-likeness (QED) is 0.921. The van der Waals surface area contributed by atoms with Gasteiger partial charge in [-0.05, 0) is 25.0 Å². The molecule has 7 nitrogen and oxygen atoms in total. The van der Waals surface area contributed by atoms with Crippen LogP contribution >= 0.6 is 0 Å². The Morgan fingerprint density at radius 3 is 2.60 bits per heavy atom. The first-order valence-electron chi connectivity index (χ1n) is 8.40. The van der Waals surface area contributed by atoms with Gasteiger partial charge in [-0.25, -0.2) is 4.98 Å². The number of amides is 1. The van der Waals surface area contributed by atoms with Gasteiger partial charge in [0.05, 0.1) is 5.56 Å². The summed E-state index contributed by atoms with van der Waals surface area (Å²) in [5.74, 6) is 1.32. The Morgan fingerprint density at radius 1 is 1.24 bits per heavy atom. The lowest BCUT2D eigenvalue weighted by molar-refractivity contribution is 0.0742. The van der Waals surface area contributed by atoms with Gasteiger partial charge in [-0.1, -0.05) is 12.1 Å². The van der Waals surface area contributed by atoms with Gasteiger partial charge in [0, 0.05) is 32.1 Å². The molecule has 0 spiro atoms. The summed E-state index contributed by atoms with van der Waals surface area (Å²) < 4.78 is 5.82. The Bertz CT molecular complexity index is 842. The number of carbonyl (C=O) groups is 1. The molecule has 1 N–H and O–H groups in total. The molecule has 25 heavy (non-hydrogen) atoms. The number of nitrogens with zero attached hydrogens (tertiary/aromatic N) is 4. The van der Waals surface area contributed by atoms with Gasteiger partial charge in [0.15, 0.2) is 0 Å². The van der Waals surface area contributed by atoms with E-state index in [1.54, 1.807) is 23.1 Å². The summed E-state index contributed by atoms with van der Waals surface area (Å²) in [6.45, 7) is 2.12. The van der Waals surface area contributed by atoms with E-state index < -0.39 is 0 Å². The summed E-state index contributed by atoms with van der Waals surface area (Å²) in [6, 6.07) is 8.66. The first-order valence-corrected chi connectivity index (χ1v) is 8.40. The second kappa shape index (κ2) is 6.13. The number of oxazole rings is 1. The number of phenolic OH excluding ortho intramolecular Hbond substituents is 1. The first-order chi connectivity index (χ1) is 12.2. The number of anilines is 1. The zero-order valence-electron chi connectivity index (χ0n) is 13.7. The Morgan fingerprint density at radius 2 is 1.96 bits per heavy atom. The van der Waals surface area contributed by atoms with Crippen molar-refractivity contribution in [3.63, 3.8) is 0 Å². The number of rotatable bonds is 3. The third-order valence-corrected chi connectivity index (χ3v) is 4.65. The molecule has 0 radical (unpaired) electrons. The van der Waals surface area contributed by atoms with Crippen molar-refractivity contribution < 1.29 is 14.3 Å². The van der Waals surface area contributed by atoms with Crippen LogP contribution in [0.2, 0.25) is 0 Å². The molecule has 4 rings (SSSR count). The second-order valence-corrected chi connectivity index (χ2v) is 6.39. The van der Waals surface area contributed by atoms with Crippen molar-refractivity contribution in [2.24, 2.45) is 0 Å². The molecule has 1 saturated heterocycles. The zero-order valence-corrected chi connectivity index (χ0v) is 13.7. The number of para-hydroxylation sites is 1. The second-order valence-electron chi connectivity index (χ2n) is 6.39. The summed E-state index contributed by atoms with van der Waals surface area (Å²) in [5.41, 5.74) is 0.631. The molecule has 1 saturated carbocycles. The Labute approximate surface area is 145 Å². The van der Waals surface area contributed by atoms with E-state index >= 15 is 0 Å². The minimum absolute atomic E-state index is 0.00833. The maximum Gasteiger partial charge on any atom is 0.257 e. The number of hydrogen-bond donors (Lipinski definition) is 1. The van der Waals surface area contributed by atoms with Crippen LogP contribution in [0.15, 0.2) is 28.7 Å². The van der Waals surface area contributed by atoms with Crippen molar-refractivity contribution in [3.05, 3.63) is 41.4 Å². The van der Waals surface area contributed by atoms with Crippen LogP contribution in [0.5, 0.6) is 5.75 Å². The molecule has 0 bridgehead atoms. The summed E-state index contributed by atoms with van der Waals surface area (Å²) in [4.78, 5) is 20.5. The first kappa shape index (κ1) is 15.5. The van der Waals surface area contributed by atoms with Crippen LogP contribution in [0.4, 0.5) is 5.88 Å². The number of aromatic hydroxyl groups is 1. The largest absolute Gasteiger partial charge is 0.507 e. The molecule has 2 heterocycles. The molecule has 1 aliphatic carbocycles. The molecular weight excluding hydrogens is 320 g/mol. The number of phenols is 1. The monoisotopic (exact) mass is 338 g/mol. The minimum atomic E-state index is -0.186. The fraction of sp³-hybridized carbons (Fsp3) is 0.389. The van der Waals surface area contributed by atoms with Crippen molar-refractivity contribution in [2.45, 2.75) is 18.8 Å². The van der Waals surface area contributed by atoms with E-state index in [0.717, 1.165) is 12.8 Å². The third kappa shape index (κ3) is 2.91. The van der Waals surface area contributed by atoms with Crippen LogP contribution < -0.4 is 4.90 Å². The lowest BCUT2D eigenvalue weighted by Crippen LogP contribution is -2.48. The standard InChI is InChI=1S/C18H18N4O3/c19-11-14-18(25-16(20-14)12-5-6-12)22-9-7-21(8-10-22)17(24)13-3-1-2-4-15(13)23/h1-4,12,23H,5-10H2. The lowest BCUT2D eigenvalue weighted by atomic mass is 10.1. The van der Waals surface area contributed by atoms with Crippen LogP contribution in [-0.4, -0.2) is 47.1 Å². The highest BCUT2D eigenvalue weighted by atomic mass is 16.4. The van der Waals surface area contributed by atoms with Gasteiger partial charge in [0.1, 0.15) is 11.8 Å². The molecule has 1 amide bonds. The van der Waals surface area contributed by atoms with E-state index in [4.69, 9.17) is 4.42 Å². The predicted octanol–water partition coefficient (Wildman–Crippen LogP) is 2.09. The van der Waals surface area contributed by atoms with Gasteiger partial charge in [-0.3, -0.25) is 4.79 Å². The Balaban J connectivity index is 1.46. The van der Waals surface area contributed by atoms with Gasteiger partial charge in [-0.2, -0.15) is 5.26 Å². The molecule has 1 aliphatic heterocycles. The van der Waals surface area contributed by atoms with Crippen molar-refractivity contribution in [2.75, 3.05) is 31.1 Å². The van der Waals surface area contributed by atoms with E-state index in [9.17, 15) is 15.2 Å². The van der Waals surface area contributed by atoms with Crippen molar-refractivity contribution >= 4 is 11.8 Å². The summed E-state index contributed by atoms with van der Waals surface area (Å²) in [5, 5.41) is 19.1. The average Bonchev–Trinajstić information content (AvgIpc) is 3.41. The minimum Gasteiger partial charge on any atom is -0.507 e. The van der Waals surface area contributed by atoms with Gasteiger partial charge in [0.25, 0.3) is 5.91 Å². The van der Waals surface area contributed by atoms with Gasteiger partial charge < -0.3 is 19.3 Å². The SMILES string of the molecule is N#Cc1nc(C2CC2)oc1N1CCN(C(=O)c2ccccc2O)CC1. The molecule has 1 aromatic heterocycles. The summed E-state index contributed by atoms with van der Waals surface area (Å²) in [7, 11) is 0. The Kier molecular flexibility index (Phi) is 3.80. The highest BCUT2D eigenvalue weighted by molar-refractivity contribution is 5.96. The number of piperazine rings is 1. The number of carbonyl (C=O) groups excluding carboxylic acids is 1. The molecule has 0 atom stereocenters. The zero-order chi connectivity index (χ0) is 17.4. The Hall–Kier alpha value is -3.01. The number of nitriles is 1. The van der Waals surface area contributed by atoms with Crippen LogP contribution in [0, 0.1) is 11.3 Å². The number of hydrogen-bond acceptors (Lipinski definition) is 6. The van der Waals surface area contributed by atoms with Crippen molar-refractivity contribution in [3.8, 4) is 11.8 Å². The van der Waals surface area contributed by atoms with Crippen LogP contribution in [0.25, 0.3) is 0 Å². The van der Waals surface area contributed by atoms with Gasteiger partial charge >= 0.3 is 0 Å². The maximum absolute atomic E-state index is 12.5. The highest BCUT2D eigenvalue weighted by Crippen LogP contribution is 2.41. The van der Waals surface area contributed by atoms with Crippen LogP contribution in [0.3, 0.4) is 0 Å². The lowest BCUT2D eigenvalue weighted by Gasteiger charge is -2.34. The molecule has 2 aromatic rings. The topological polar surface area (TPSA) is 93.6 Å². The molecule has 128 valence electrons. The maximum atomic E-state index is 12.5. The predicted molar refractivity (Wildman–Crippen MR) is 89.4 cm³/mol. The molecule has 2 fully saturated rings.